The molecule has 1 fully saturated rings. The van der Waals surface area contributed by atoms with E-state index in [1.165, 1.54) is 5.56 Å². The van der Waals surface area contributed by atoms with Crippen molar-refractivity contribution < 1.29 is 14.3 Å². The van der Waals surface area contributed by atoms with Crippen LogP contribution in [0, 0.1) is 5.92 Å². The Morgan fingerprint density at radius 1 is 1.11 bits per heavy atom. The van der Waals surface area contributed by atoms with Crippen molar-refractivity contribution in [2.75, 3.05) is 33.4 Å². The van der Waals surface area contributed by atoms with Crippen LogP contribution in [0.25, 0.3) is 0 Å². The van der Waals surface area contributed by atoms with Crippen molar-refractivity contribution in [3.8, 4) is 11.5 Å². The second-order valence-corrected chi connectivity index (χ2v) is 7.01. The minimum atomic E-state index is -0.159. The number of rotatable bonds is 5. The van der Waals surface area contributed by atoms with Crippen LogP contribution < -0.4 is 20.3 Å². The molecule has 0 aromatic heterocycles. The molecule has 0 saturated carbocycles. The fourth-order valence-electron chi connectivity index (χ4n) is 3.63. The molecule has 6 nitrogen and oxygen atoms in total. The van der Waals surface area contributed by atoms with Crippen LogP contribution in [0.4, 0.5) is 0 Å². The third kappa shape index (κ3) is 3.91. The zero-order chi connectivity index (χ0) is 18.6. The van der Waals surface area contributed by atoms with Gasteiger partial charge in [-0.3, -0.25) is 10.2 Å². The highest BCUT2D eigenvalue weighted by atomic mass is 16.6. The quantitative estimate of drug-likeness (QED) is 0.846. The Balaban J connectivity index is 1.43. The minimum absolute atomic E-state index is 0.0903. The summed E-state index contributed by atoms with van der Waals surface area (Å²) in [6.07, 6.45) is 0.853. The number of amides is 1. The standard InChI is InChI=1S/C21H25N3O3/c1-24(10-9-15-5-3-2-4-6-15)21(25)17-14-22-23-20(17)16-7-8-18-19(13-16)27-12-11-26-18/h2-8,13,17,20,22-23H,9-12,14H2,1H3. The van der Waals surface area contributed by atoms with E-state index in [-0.39, 0.29) is 17.9 Å². The number of hydrogen-bond donors (Lipinski definition) is 2. The Labute approximate surface area is 159 Å². The average Bonchev–Trinajstić information content (AvgIpc) is 3.21. The first-order chi connectivity index (χ1) is 13.2. The normalized spacial score (nSPS) is 21.1. The van der Waals surface area contributed by atoms with Gasteiger partial charge >= 0.3 is 0 Å². The number of carbonyl (C=O) groups is 1. The lowest BCUT2D eigenvalue weighted by Crippen LogP contribution is -2.37. The van der Waals surface area contributed by atoms with E-state index in [1.807, 2.05) is 48.3 Å². The summed E-state index contributed by atoms with van der Waals surface area (Å²) >= 11 is 0. The van der Waals surface area contributed by atoms with Gasteiger partial charge in [0.1, 0.15) is 13.2 Å². The van der Waals surface area contributed by atoms with Gasteiger partial charge in [-0.15, -0.1) is 0 Å². The number of hydrazine groups is 1. The lowest BCUT2D eigenvalue weighted by molar-refractivity contribution is -0.134. The van der Waals surface area contributed by atoms with Crippen LogP contribution in [0.15, 0.2) is 48.5 Å². The number of ether oxygens (including phenoxy) is 2. The summed E-state index contributed by atoms with van der Waals surface area (Å²) in [5, 5.41) is 0. The zero-order valence-electron chi connectivity index (χ0n) is 15.5. The molecular weight excluding hydrogens is 342 g/mol. The van der Waals surface area contributed by atoms with E-state index in [0.29, 0.717) is 26.3 Å². The van der Waals surface area contributed by atoms with Gasteiger partial charge in [0.15, 0.2) is 11.5 Å². The number of nitrogens with zero attached hydrogens (tertiary/aromatic N) is 1. The van der Waals surface area contributed by atoms with Gasteiger partial charge in [0.2, 0.25) is 5.91 Å². The van der Waals surface area contributed by atoms with Gasteiger partial charge in [-0.1, -0.05) is 36.4 Å². The first-order valence-electron chi connectivity index (χ1n) is 9.39. The van der Waals surface area contributed by atoms with Crippen LogP contribution in [0.2, 0.25) is 0 Å². The molecule has 0 aliphatic carbocycles. The van der Waals surface area contributed by atoms with Gasteiger partial charge in [-0.2, -0.15) is 0 Å². The van der Waals surface area contributed by atoms with Crippen LogP contribution >= 0.6 is 0 Å². The predicted molar refractivity (Wildman–Crippen MR) is 103 cm³/mol. The first kappa shape index (κ1) is 17.8. The van der Waals surface area contributed by atoms with Crippen molar-refractivity contribution in [3.05, 3.63) is 59.7 Å². The molecule has 27 heavy (non-hydrogen) atoms. The Morgan fingerprint density at radius 3 is 2.70 bits per heavy atom. The van der Waals surface area contributed by atoms with E-state index < -0.39 is 0 Å². The summed E-state index contributed by atoms with van der Waals surface area (Å²) in [5.74, 6) is 1.49. The van der Waals surface area contributed by atoms with Crippen molar-refractivity contribution in [3.63, 3.8) is 0 Å². The number of benzene rings is 2. The Hall–Kier alpha value is -2.57. The van der Waals surface area contributed by atoms with Crippen LogP contribution in [0.3, 0.4) is 0 Å². The SMILES string of the molecule is CN(CCc1ccccc1)C(=O)C1CNNC1c1ccc2c(c1)OCCO2. The summed E-state index contributed by atoms with van der Waals surface area (Å²) < 4.78 is 11.3. The fourth-order valence-corrected chi connectivity index (χ4v) is 3.63. The largest absolute Gasteiger partial charge is 0.486 e. The van der Waals surface area contributed by atoms with Crippen molar-refractivity contribution >= 4 is 5.91 Å². The van der Waals surface area contributed by atoms with Gasteiger partial charge in [0, 0.05) is 20.1 Å². The lowest BCUT2D eigenvalue weighted by Gasteiger charge is -2.25. The average molecular weight is 367 g/mol. The number of fused-ring (bicyclic) bond motifs is 1. The van der Waals surface area contributed by atoms with Crippen LogP contribution in [-0.4, -0.2) is 44.2 Å². The number of likely N-dealkylation sites (N-methyl/N-ethyl adjacent to an activating group) is 1. The molecule has 4 rings (SSSR count). The minimum Gasteiger partial charge on any atom is -0.486 e. The van der Waals surface area contributed by atoms with Crippen molar-refractivity contribution in [1.29, 1.82) is 0 Å². The van der Waals surface area contributed by atoms with Crippen LogP contribution in [0.5, 0.6) is 11.5 Å². The maximum atomic E-state index is 13.0. The zero-order valence-corrected chi connectivity index (χ0v) is 15.5. The Morgan fingerprint density at radius 2 is 1.89 bits per heavy atom. The number of hydrogen-bond acceptors (Lipinski definition) is 5. The van der Waals surface area contributed by atoms with Crippen LogP contribution in [-0.2, 0) is 11.2 Å². The topological polar surface area (TPSA) is 62.8 Å². The van der Waals surface area contributed by atoms with E-state index in [4.69, 9.17) is 9.47 Å². The molecule has 1 amide bonds. The van der Waals surface area contributed by atoms with Crippen molar-refractivity contribution in [2.24, 2.45) is 5.92 Å². The second-order valence-electron chi connectivity index (χ2n) is 7.01. The molecule has 2 aromatic rings. The Bertz CT molecular complexity index is 797. The molecule has 2 N–H and O–H groups in total. The predicted octanol–water partition coefficient (Wildman–Crippen LogP) is 1.92. The second kappa shape index (κ2) is 7.98. The third-order valence-corrected chi connectivity index (χ3v) is 5.18. The summed E-state index contributed by atoms with van der Waals surface area (Å²) in [6, 6.07) is 16.1. The molecule has 0 bridgehead atoms. The molecule has 1 saturated heterocycles. The molecule has 2 aliphatic rings. The molecule has 0 spiro atoms. The molecule has 2 aromatic carbocycles. The lowest BCUT2D eigenvalue weighted by atomic mass is 9.93. The smallest absolute Gasteiger partial charge is 0.228 e. The molecule has 2 heterocycles. The van der Waals surface area contributed by atoms with Crippen molar-refractivity contribution in [2.45, 2.75) is 12.5 Å². The Kier molecular flexibility index (Phi) is 5.27. The highest BCUT2D eigenvalue weighted by Gasteiger charge is 2.36. The molecule has 2 unspecified atom stereocenters. The molecule has 2 atom stereocenters. The van der Waals surface area contributed by atoms with Gasteiger partial charge in [-0.05, 0) is 29.7 Å². The fraction of sp³-hybridized carbons (Fsp3) is 0.381. The van der Waals surface area contributed by atoms with E-state index >= 15 is 0 Å². The number of nitrogens with one attached hydrogen (secondary N) is 2. The summed E-state index contributed by atoms with van der Waals surface area (Å²) in [7, 11) is 1.88. The first-order valence-corrected chi connectivity index (χ1v) is 9.39. The van der Waals surface area contributed by atoms with Gasteiger partial charge < -0.3 is 14.4 Å². The molecule has 2 aliphatic heterocycles. The highest BCUT2D eigenvalue weighted by molar-refractivity contribution is 5.80. The van der Waals surface area contributed by atoms with E-state index in [1.54, 1.807) is 0 Å². The molecule has 0 radical (unpaired) electrons. The molecule has 6 heteroatoms. The maximum absolute atomic E-state index is 13.0. The summed E-state index contributed by atoms with van der Waals surface area (Å²) in [4.78, 5) is 14.9. The number of carbonyl (C=O) groups excluding carboxylic acids is 1. The van der Waals surface area contributed by atoms with Gasteiger partial charge in [0.05, 0.1) is 12.0 Å². The molecule has 142 valence electrons. The summed E-state index contributed by atoms with van der Waals surface area (Å²) in [6.45, 7) is 2.43. The molecular formula is C21H25N3O3. The van der Waals surface area contributed by atoms with E-state index in [0.717, 1.165) is 23.5 Å². The van der Waals surface area contributed by atoms with E-state index in [9.17, 15) is 4.79 Å². The van der Waals surface area contributed by atoms with Crippen molar-refractivity contribution in [1.82, 2.24) is 15.8 Å². The third-order valence-electron chi connectivity index (χ3n) is 5.18. The highest BCUT2D eigenvalue weighted by Crippen LogP contribution is 2.35. The van der Waals surface area contributed by atoms with E-state index in [2.05, 4.69) is 23.0 Å². The van der Waals surface area contributed by atoms with Gasteiger partial charge in [0.25, 0.3) is 0 Å². The summed E-state index contributed by atoms with van der Waals surface area (Å²) in [5.41, 5.74) is 8.65. The maximum Gasteiger partial charge on any atom is 0.228 e. The monoisotopic (exact) mass is 367 g/mol. The van der Waals surface area contributed by atoms with Crippen LogP contribution in [0.1, 0.15) is 17.2 Å². The van der Waals surface area contributed by atoms with Gasteiger partial charge in [-0.25, -0.2) is 5.43 Å².